The fourth-order valence-electron chi connectivity index (χ4n) is 2.02. The van der Waals surface area contributed by atoms with Gasteiger partial charge in [0.2, 0.25) is 15.9 Å². The Morgan fingerprint density at radius 2 is 1.71 bits per heavy atom. The maximum atomic E-state index is 12.2. The van der Waals surface area contributed by atoms with Crippen molar-refractivity contribution in [1.29, 1.82) is 0 Å². The van der Waals surface area contributed by atoms with Gasteiger partial charge in [-0.05, 0) is 37.0 Å². The van der Waals surface area contributed by atoms with Gasteiger partial charge in [-0.15, -0.1) is 0 Å². The van der Waals surface area contributed by atoms with Crippen molar-refractivity contribution in [1.82, 2.24) is 5.32 Å². The molecule has 0 aliphatic heterocycles. The Kier molecular flexibility index (Phi) is 6.20. The minimum atomic E-state index is -3.38. The van der Waals surface area contributed by atoms with Crippen LogP contribution in [0.25, 0.3) is 0 Å². The van der Waals surface area contributed by atoms with Crippen LogP contribution in [0.15, 0.2) is 24.3 Å². The molecule has 0 aromatic heterocycles. The van der Waals surface area contributed by atoms with E-state index in [1.807, 2.05) is 13.8 Å². The predicted molar refractivity (Wildman–Crippen MR) is 85.7 cm³/mol. The van der Waals surface area contributed by atoms with Crippen LogP contribution in [-0.2, 0) is 21.2 Å². The molecule has 1 amide bonds. The summed E-state index contributed by atoms with van der Waals surface area (Å²) in [6.45, 7) is 5.71. The maximum Gasteiger partial charge on any atom is 0.235 e. The third kappa shape index (κ3) is 5.75. The fourth-order valence-corrected chi connectivity index (χ4v) is 3.32. The first-order chi connectivity index (χ1) is 9.74. The first-order valence-corrected chi connectivity index (χ1v) is 8.60. The molecule has 0 unspecified atom stereocenters. The van der Waals surface area contributed by atoms with E-state index in [2.05, 4.69) is 10.0 Å². The molecule has 1 atom stereocenters. The van der Waals surface area contributed by atoms with E-state index >= 15 is 0 Å². The van der Waals surface area contributed by atoms with E-state index in [-0.39, 0.29) is 12.3 Å². The standard InChI is InChI=1S/C15H24N2O3S/c1-11(2)9-12(3)21(19,20)17-14-7-5-13(6-8-14)10-15(18)16-4/h5-8,11-12,17H,9-10H2,1-4H3,(H,16,18)/t12-/m0/s1. The SMILES string of the molecule is CNC(=O)Cc1ccc(NS(=O)(=O)[C@@H](C)CC(C)C)cc1. The largest absolute Gasteiger partial charge is 0.359 e. The van der Waals surface area contributed by atoms with Gasteiger partial charge in [-0.25, -0.2) is 8.42 Å². The summed E-state index contributed by atoms with van der Waals surface area (Å²) in [5, 5.41) is 2.11. The molecule has 118 valence electrons. The predicted octanol–water partition coefficient (Wildman–Crippen LogP) is 2.15. The molecule has 6 heteroatoms. The summed E-state index contributed by atoms with van der Waals surface area (Å²) >= 11 is 0. The Bertz CT molecular complexity index is 565. The van der Waals surface area contributed by atoms with Crippen LogP contribution >= 0.6 is 0 Å². The highest BCUT2D eigenvalue weighted by Crippen LogP contribution is 2.17. The lowest BCUT2D eigenvalue weighted by Crippen LogP contribution is -2.26. The van der Waals surface area contributed by atoms with E-state index in [0.717, 1.165) is 5.56 Å². The number of likely N-dealkylation sites (N-methyl/N-ethyl adjacent to an activating group) is 1. The number of sulfonamides is 1. The lowest BCUT2D eigenvalue weighted by molar-refractivity contribution is -0.119. The van der Waals surface area contributed by atoms with Gasteiger partial charge in [0.15, 0.2) is 0 Å². The van der Waals surface area contributed by atoms with Gasteiger partial charge in [0.05, 0.1) is 11.7 Å². The molecule has 21 heavy (non-hydrogen) atoms. The highest BCUT2D eigenvalue weighted by molar-refractivity contribution is 7.93. The van der Waals surface area contributed by atoms with Crippen LogP contribution in [0.5, 0.6) is 0 Å². The molecule has 0 aliphatic carbocycles. The quantitative estimate of drug-likeness (QED) is 0.810. The van der Waals surface area contributed by atoms with Gasteiger partial charge < -0.3 is 5.32 Å². The van der Waals surface area contributed by atoms with E-state index < -0.39 is 15.3 Å². The number of hydrogen-bond acceptors (Lipinski definition) is 3. The fraction of sp³-hybridized carbons (Fsp3) is 0.533. The van der Waals surface area contributed by atoms with E-state index in [9.17, 15) is 13.2 Å². The first-order valence-electron chi connectivity index (χ1n) is 7.05. The Morgan fingerprint density at radius 1 is 1.14 bits per heavy atom. The number of benzene rings is 1. The molecule has 5 nitrogen and oxygen atoms in total. The molecule has 1 aromatic carbocycles. The van der Waals surface area contributed by atoms with Crippen molar-refractivity contribution >= 4 is 21.6 Å². The van der Waals surface area contributed by atoms with Crippen molar-refractivity contribution in [2.75, 3.05) is 11.8 Å². The third-order valence-electron chi connectivity index (χ3n) is 3.19. The number of amides is 1. The van der Waals surface area contributed by atoms with Crippen molar-refractivity contribution in [3.63, 3.8) is 0 Å². The molecule has 0 spiro atoms. The van der Waals surface area contributed by atoms with Crippen molar-refractivity contribution in [3.8, 4) is 0 Å². The summed E-state index contributed by atoms with van der Waals surface area (Å²) in [7, 11) is -1.79. The van der Waals surface area contributed by atoms with Gasteiger partial charge in [0, 0.05) is 12.7 Å². The second-order valence-corrected chi connectivity index (χ2v) is 7.73. The molecule has 0 bridgehead atoms. The maximum absolute atomic E-state index is 12.2. The van der Waals surface area contributed by atoms with E-state index in [1.54, 1.807) is 38.2 Å². The summed E-state index contributed by atoms with van der Waals surface area (Å²) < 4.78 is 26.9. The second kappa shape index (κ2) is 7.45. The summed E-state index contributed by atoms with van der Waals surface area (Å²) in [4.78, 5) is 11.3. The van der Waals surface area contributed by atoms with E-state index in [1.165, 1.54) is 0 Å². The molecule has 1 aromatic rings. The van der Waals surface area contributed by atoms with Crippen LogP contribution < -0.4 is 10.0 Å². The minimum absolute atomic E-state index is 0.0751. The molecule has 0 radical (unpaired) electrons. The number of anilines is 1. The van der Waals surface area contributed by atoms with Gasteiger partial charge in [-0.2, -0.15) is 0 Å². The van der Waals surface area contributed by atoms with Crippen LogP contribution in [0.2, 0.25) is 0 Å². The molecule has 1 rings (SSSR count). The lowest BCUT2D eigenvalue weighted by Gasteiger charge is -2.16. The smallest absolute Gasteiger partial charge is 0.235 e. The average Bonchev–Trinajstić information content (AvgIpc) is 2.39. The number of nitrogens with one attached hydrogen (secondary N) is 2. The van der Waals surface area contributed by atoms with Crippen molar-refractivity contribution in [3.05, 3.63) is 29.8 Å². The number of rotatable bonds is 7. The highest BCUT2D eigenvalue weighted by atomic mass is 32.2. The summed E-state index contributed by atoms with van der Waals surface area (Å²) in [5.41, 5.74) is 1.36. The zero-order valence-corrected chi connectivity index (χ0v) is 13.8. The Hall–Kier alpha value is -1.56. The Labute approximate surface area is 127 Å². The lowest BCUT2D eigenvalue weighted by atomic mass is 10.1. The third-order valence-corrected chi connectivity index (χ3v) is 4.96. The molecule has 0 saturated heterocycles. The Balaban J connectivity index is 2.73. The number of carbonyl (C=O) groups excluding carboxylic acids is 1. The van der Waals surface area contributed by atoms with Crippen molar-refractivity contribution in [2.45, 2.75) is 38.9 Å². The highest BCUT2D eigenvalue weighted by Gasteiger charge is 2.21. The molecule has 0 saturated carbocycles. The summed E-state index contributed by atoms with van der Waals surface area (Å²) in [6.07, 6.45) is 0.900. The van der Waals surface area contributed by atoms with Crippen LogP contribution in [-0.4, -0.2) is 26.6 Å². The molecular formula is C15H24N2O3S. The number of hydrogen-bond donors (Lipinski definition) is 2. The van der Waals surface area contributed by atoms with Gasteiger partial charge in [-0.3, -0.25) is 9.52 Å². The van der Waals surface area contributed by atoms with Crippen LogP contribution in [0.1, 0.15) is 32.8 Å². The molecule has 0 heterocycles. The van der Waals surface area contributed by atoms with E-state index in [4.69, 9.17) is 0 Å². The second-order valence-electron chi connectivity index (χ2n) is 5.63. The molecule has 0 fully saturated rings. The zero-order chi connectivity index (χ0) is 16.0. The summed E-state index contributed by atoms with van der Waals surface area (Å²) in [6, 6.07) is 6.86. The van der Waals surface area contributed by atoms with Crippen LogP contribution in [0.4, 0.5) is 5.69 Å². The Morgan fingerprint density at radius 3 is 2.19 bits per heavy atom. The number of carbonyl (C=O) groups is 1. The molecular weight excluding hydrogens is 288 g/mol. The average molecular weight is 312 g/mol. The van der Waals surface area contributed by atoms with Crippen molar-refractivity contribution in [2.24, 2.45) is 5.92 Å². The normalized spacial score (nSPS) is 13.0. The first kappa shape index (κ1) is 17.5. The molecule has 2 N–H and O–H groups in total. The van der Waals surface area contributed by atoms with Gasteiger partial charge in [-0.1, -0.05) is 26.0 Å². The minimum Gasteiger partial charge on any atom is -0.359 e. The van der Waals surface area contributed by atoms with Gasteiger partial charge in [0.1, 0.15) is 0 Å². The van der Waals surface area contributed by atoms with Gasteiger partial charge >= 0.3 is 0 Å². The topological polar surface area (TPSA) is 75.3 Å². The van der Waals surface area contributed by atoms with Crippen LogP contribution in [0, 0.1) is 5.92 Å². The van der Waals surface area contributed by atoms with Gasteiger partial charge in [0.25, 0.3) is 0 Å². The van der Waals surface area contributed by atoms with E-state index in [0.29, 0.717) is 18.0 Å². The molecule has 0 aliphatic rings. The van der Waals surface area contributed by atoms with Crippen LogP contribution in [0.3, 0.4) is 0 Å². The monoisotopic (exact) mass is 312 g/mol. The van der Waals surface area contributed by atoms with Crippen molar-refractivity contribution < 1.29 is 13.2 Å². The summed E-state index contributed by atoms with van der Waals surface area (Å²) in [5.74, 6) is 0.250. The zero-order valence-electron chi connectivity index (χ0n) is 13.0.